The van der Waals surface area contributed by atoms with E-state index in [4.69, 9.17) is 4.11 Å². The van der Waals surface area contributed by atoms with Gasteiger partial charge in [0.15, 0.2) is 23.3 Å². The van der Waals surface area contributed by atoms with Gasteiger partial charge in [-0.05, 0) is 18.8 Å². The Hall–Kier alpha value is -2.44. The van der Waals surface area contributed by atoms with E-state index >= 15 is 0 Å². The molecule has 2 rings (SSSR count). The molecule has 122 valence electrons. The molecule has 7 heteroatoms. The van der Waals surface area contributed by atoms with E-state index in [1.54, 1.807) is 30.3 Å². The van der Waals surface area contributed by atoms with Crippen molar-refractivity contribution in [2.75, 3.05) is 0 Å². The maximum atomic E-state index is 13.7. The lowest BCUT2D eigenvalue weighted by Gasteiger charge is -2.15. The Bertz CT molecular complexity index is 798. The maximum Gasteiger partial charge on any atom is 0.257 e. The Kier molecular flexibility index (Phi) is 3.84. The number of benzene rings is 2. The van der Waals surface area contributed by atoms with Gasteiger partial charge < -0.3 is 5.32 Å². The second-order valence-corrected chi connectivity index (χ2v) is 4.66. The van der Waals surface area contributed by atoms with Crippen molar-refractivity contribution in [2.24, 2.45) is 0 Å². The highest BCUT2D eigenvalue weighted by molar-refractivity contribution is 5.95. The Balaban J connectivity index is 2.37. The van der Waals surface area contributed by atoms with Crippen LogP contribution in [-0.4, -0.2) is 11.9 Å². The molecule has 1 atom stereocenters. The fourth-order valence-electron chi connectivity index (χ4n) is 1.94. The van der Waals surface area contributed by atoms with Crippen LogP contribution in [0.2, 0.25) is 0 Å². The van der Waals surface area contributed by atoms with Crippen LogP contribution >= 0.6 is 0 Å². The van der Waals surface area contributed by atoms with Gasteiger partial charge in [-0.1, -0.05) is 30.3 Å². The summed E-state index contributed by atoms with van der Waals surface area (Å²) in [5.74, 6) is -13.4. The van der Waals surface area contributed by atoms with Gasteiger partial charge in [0, 0.05) is 10.2 Å². The minimum atomic E-state index is -2.78. The van der Waals surface area contributed by atoms with E-state index in [2.05, 4.69) is 0 Å². The zero-order valence-electron chi connectivity index (χ0n) is 14.5. The first kappa shape index (κ1) is 13.0. The van der Waals surface area contributed by atoms with Crippen LogP contribution in [0.3, 0.4) is 0 Å². The molecule has 0 aliphatic heterocycles. The van der Waals surface area contributed by atoms with Gasteiger partial charge in [-0.25, -0.2) is 22.0 Å². The van der Waals surface area contributed by atoms with Gasteiger partial charge in [0.2, 0.25) is 5.82 Å². The standard InChI is InChI=1S/C16H12F5NO/c1-8(7-9-5-3-2-4-6-9)22-16(23)10-11(17)13(19)15(21)14(20)12(10)18/h2-6,8H,7H2,1H3,(H,22,23)/i1D3. The highest BCUT2D eigenvalue weighted by Crippen LogP contribution is 2.23. The molecule has 2 aromatic carbocycles. The molecule has 0 saturated heterocycles. The Morgan fingerprint density at radius 1 is 1.00 bits per heavy atom. The van der Waals surface area contributed by atoms with Crippen molar-refractivity contribution < 1.29 is 30.9 Å². The lowest BCUT2D eigenvalue weighted by molar-refractivity contribution is 0.0928. The number of hydrogen-bond acceptors (Lipinski definition) is 1. The molecule has 1 amide bonds. The van der Waals surface area contributed by atoms with Gasteiger partial charge in [0.05, 0.1) is 0 Å². The molecule has 0 fully saturated rings. The van der Waals surface area contributed by atoms with Crippen LogP contribution in [0.25, 0.3) is 0 Å². The SMILES string of the molecule is [2H]C([2H])([2H])C(Cc1ccccc1)NC(=O)c1c(F)c(F)c(F)c(F)c1F. The van der Waals surface area contributed by atoms with Crippen LogP contribution in [0.1, 0.15) is 26.9 Å². The number of rotatable bonds is 4. The summed E-state index contributed by atoms with van der Waals surface area (Å²) < 4.78 is 89.2. The molecular formula is C16H12F5NO. The summed E-state index contributed by atoms with van der Waals surface area (Å²) >= 11 is 0. The number of nitrogens with one attached hydrogen (secondary N) is 1. The average Bonchev–Trinajstić information content (AvgIpc) is 2.58. The van der Waals surface area contributed by atoms with E-state index in [0.717, 1.165) is 0 Å². The molecule has 0 radical (unpaired) electrons. The summed E-state index contributed by atoms with van der Waals surface area (Å²) in [7, 11) is 0. The molecule has 0 spiro atoms. The fourth-order valence-corrected chi connectivity index (χ4v) is 1.94. The van der Waals surface area contributed by atoms with E-state index in [1.807, 2.05) is 5.32 Å². The lowest BCUT2D eigenvalue weighted by atomic mass is 10.1. The average molecular weight is 332 g/mol. The predicted molar refractivity (Wildman–Crippen MR) is 73.3 cm³/mol. The first-order valence-corrected chi connectivity index (χ1v) is 6.40. The Morgan fingerprint density at radius 3 is 2.04 bits per heavy atom. The molecule has 0 saturated carbocycles. The van der Waals surface area contributed by atoms with E-state index in [1.165, 1.54) is 0 Å². The molecular weight excluding hydrogens is 317 g/mol. The number of halogens is 5. The lowest BCUT2D eigenvalue weighted by Crippen LogP contribution is -2.35. The van der Waals surface area contributed by atoms with Crippen molar-refractivity contribution in [3.63, 3.8) is 0 Å². The normalized spacial score (nSPS) is 14.6. The molecule has 0 aliphatic rings. The van der Waals surface area contributed by atoms with Gasteiger partial charge in [0.25, 0.3) is 5.91 Å². The molecule has 1 N–H and O–H groups in total. The molecule has 1 unspecified atom stereocenters. The van der Waals surface area contributed by atoms with Gasteiger partial charge in [0.1, 0.15) is 5.56 Å². The van der Waals surface area contributed by atoms with Crippen molar-refractivity contribution in [2.45, 2.75) is 19.3 Å². The molecule has 2 aromatic rings. The first-order valence-electron chi connectivity index (χ1n) is 7.90. The van der Waals surface area contributed by atoms with Crippen molar-refractivity contribution in [3.8, 4) is 0 Å². The Labute approximate surface area is 133 Å². The summed E-state index contributed by atoms with van der Waals surface area (Å²) in [6.45, 7) is -2.78. The molecule has 23 heavy (non-hydrogen) atoms. The van der Waals surface area contributed by atoms with E-state index < -0.39 is 53.5 Å². The zero-order valence-corrected chi connectivity index (χ0v) is 11.5. The minimum Gasteiger partial charge on any atom is -0.349 e. The van der Waals surface area contributed by atoms with Crippen LogP contribution in [-0.2, 0) is 6.42 Å². The predicted octanol–water partition coefficient (Wildman–Crippen LogP) is 3.74. The molecule has 2 nitrogen and oxygen atoms in total. The van der Waals surface area contributed by atoms with E-state index in [0.29, 0.717) is 5.56 Å². The van der Waals surface area contributed by atoms with Crippen molar-refractivity contribution >= 4 is 5.91 Å². The molecule has 0 bridgehead atoms. The minimum absolute atomic E-state index is 0.238. The second kappa shape index (κ2) is 6.76. The van der Waals surface area contributed by atoms with Crippen LogP contribution in [0.5, 0.6) is 0 Å². The van der Waals surface area contributed by atoms with Gasteiger partial charge >= 0.3 is 0 Å². The van der Waals surface area contributed by atoms with Crippen LogP contribution in [0, 0.1) is 29.1 Å². The van der Waals surface area contributed by atoms with Gasteiger partial charge in [-0.3, -0.25) is 4.79 Å². The first-order chi connectivity index (χ1) is 12.0. The molecule has 0 heterocycles. The molecule has 0 aromatic heterocycles. The largest absolute Gasteiger partial charge is 0.349 e. The highest BCUT2D eigenvalue weighted by atomic mass is 19.2. The highest BCUT2D eigenvalue weighted by Gasteiger charge is 2.30. The van der Waals surface area contributed by atoms with Crippen LogP contribution in [0.15, 0.2) is 30.3 Å². The smallest absolute Gasteiger partial charge is 0.257 e. The second-order valence-electron chi connectivity index (χ2n) is 4.66. The monoisotopic (exact) mass is 332 g/mol. The number of hydrogen-bond donors (Lipinski definition) is 1. The third kappa shape index (κ3) is 3.49. The fraction of sp³-hybridized carbons (Fsp3) is 0.188. The summed E-state index contributed by atoms with van der Waals surface area (Å²) in [6, 6.07) is 6.40. The van der Waals surface area contributed by atoms with Crippen molar-refractivity contribution in [1.82, 2.24) is 5.32 Å². The maximum absolute atomic E-state index is 13.7. The number of carbonyl (C=O) groups is 1. The Morgan fingerprint density at radius 2 is 1.52 bits per heavy atom. The number of amides is 1. The zero-order chi connectivity index (χ0) is 19.6. The van der Waals surface area contributed by atoms with Crippen LogP contribution in [0.4, 0.5) is 22.0 Å². The van der Waals surface area contributed by atoms with Crippen molar-refractivity contribution in [1.29, 1.82) is 0 Å². The van der Waals surface area contributed by atoms with Gasteiger partial charge in [-0.2, -0.15) is 0 Å². The summed E-state index contributed by atoms with van der Waals surface area (Å²) in [6.07, 6.45) is -0.238. The van der Waals surface area contributed by atoms with Crippen molar-refractivity contribution in [3.05, 3.63) is 70.5 Å². The summed E-state index contributed by atoms with van der Waals surface area (Å²) in [5.41, 5.74) is -1.24. The third-order valence-electron chi connectivity index (χ3n) is 3.02. The third-order valence-corrected chi connectivity index (χ3v) is 3.02. The quantitative estimate of drug-likeness (QED) is 0.516. The summed E-state index contributed by atoms with van der Waals surface area (Å²) in [5, 5.41) is 1.84. The van der Waals surface area contributed by atoms with Gasteiger partial charge in [-0.15, -0.1) is 0 Å². The van der Waals surface area contributed by atoms with Crippen LogP contribution < -0.4 is 5.32 Å². The molecule has 0 aliphatic carbocycles. The topological polar surface area (TPSA) is 29.1 Å². The number of carbonyl (C=O) groups excluding carboxylic acids is 1. The van der Waals surface area contributed by atoms with E-state index in [-0.39, 0.29) is 6.42 Å². The van der Waals surface area contributed by atoms with E-state index in [9.17, 15) is 26.7 Å². The summed E-state index contributed by atoms with van der Waals surface area (Å²) in [4.78, 5) is 12.1.